The maximum absolute atomic E-state index is 9.05. The van der Waals surface area contributed by atoms with Crippen LogP contribution in [0.5, 0.6) is 5.75 Å². The van der Waals surface area contributed by atoms with Crippen molar-refractivity contribution in [2.24, 2.45) is 0 Å². The first-order chi connectivity index (χ1) is 10.8. The SMILES string of the molecule is CCC(NCCc1ccc(CO)cc1)c1ccc(OC)cc1. The Morgan fingerprint density at radius 1 is 1.00 bits per heavy atom. The van der Waals surface area contributed by atoms with Crippen LogP contribution in [0.2, 0.25) is 0 Å². The summed E-state index contributed by atoms with van der Waals surface area (Å²) in [6, 6.07) is 16.8. The third-order valence-electron chi connectivity index (χ3n) is 3.94. The lowest BCUT2D eigenvalue weighted by Crippen LogP contribution is -2.23. The van der Waals surface area contributed by atoms with E-state index in [1.165, 1.54) is 11.1 Å². The molecule has 2 aromatic rings. The zero-order valence-electron chi connectivity index (χ0n) is 13.4. The molecule has 0 heterocycles. The highest BCUT2D eigenvalue weighted by Crippen LogP contribution is 2.20. The van der Waals surface area contributed by atoms with Crippen LogP contribution in [0.3, 0.4) is 0 Å². The number of nitrogens with one attached hydrogen (secondary N) is 1. The zero-order chi connectivity index (χ0) is 15.8. The average molecular weight is 299 g/mol. The van der Waals surface area contributed by atoms with Crippen LogP contribution in [0, 0.1) is 0 Å². The van der Waals surface area contributed by atoms with Gasteiger partial charge in [0.1, 0.15) is 5.75 Å². The number of hydrogen-bond donors (Lipinski definition) is 2. The fourth-order valence-corrected chi connectivity index (χ4v) is 2.54. The Hall–Kier alpha value is -1.84. The summed E-state index contributed by atoms with van der Waals surface area (Å²) in [6.07, 6.45) is 2.04. The van der Waals surface area contributed by atoms with E-state index in [-0.39, 0.29) is 6.61 Å². The minimum Gasteiger partial charge on any atom is -0.497 e. The van der Waals surface area contributed by atoms with Crippen LogP contribution in [-0.4, -0.2) is 18.8 Å². The third-order valence-corrected chi connectivity index (χ3v) is 3.94. The Labute approximate surface area is 133 Å². The van der Waals surface area contributed by atoms with Crippen molar-refractivity contribution >= 4 is 0 Å². The molecular formula is C19H25NO2. The van der Waals surface area contributed by atoms with Crippen molar-refractivity contribution in [3.8, 4) is 5.75 Å². The second kappa shape index (κ2) is 8.57. The molecule has 0 fully saturated rings. The van der Waals surface area contributed by atoms with E-state index in [2.05, 4.69) is 36.5 Å². The Kier molecular flexibility index (Phi) is 6.44. The van der Waals surface area contributed by atoms with Gasteiger partial charge in [0.25, 0.3) is 0 Å². The summed E-state index contributed by atoms with van der Waals surface area (Å²) >= 11 is 0. The Bertz CT molecular complexity index is 549. The molecule has 118 valence electrons. The summed E-state index contributed by atoms with van der Waals surface area (Å²) in [5.41, 5.74) is 3.54. The normalized spacial score (nSPS) is 12.1. The first-order valence-electron chi connectivity index (χ1n) is 7.82. The van der Waals surface area contributed by atoms with Gasteiger partial charge >= 0.3 is 0 Å². The Balaban J connectivity index is 1.87. The number of aliphatic hydroxyl groups is 1. The lowest BCUT2D eigenvalue weighted by Gasteiger charge is -2.18. The average Bonchev–Trinajstić information content (AvgIpc) is 2.59. The number of methoxy groups -OCH3 is 1. The minimum atomic E-state index is 0.105. The number of hydrogen-bond acceptors (Lipinski definition) is 3. The molecule has 0 saturated heterocycles. The van der Waals surface area contributed by atoms with E-state index in [1.54, 1.807) is 7.11 Å². The van der Waals surface area contributed by atoms with E-state index >= 15 is 0 Å². The molecule has 1 atom stereocenters. The standard InChI is InChI=1S/C19H25NO2/c1-3-19(17-8-10-18(22-2)11-9-17)20-13-12-15-4-6-16(14-21)7-5-15/h4-11,19-21H,3,12-14H2,1-2H3. The van der Waals surface area contributed by atoms with Gasteiger partial charge in [-0.1, -0.05) is 43.3 Å². The number of benzene rings is 2. The van der Waals surface area contributed by atoms with Crippen LogP contribution in [0.25, 0.3) is 0 Å². The van der Waals surface area contributed by atoms with Crippen LogP contribution < -0.4 is 10.1 Å². The maximum Gasteiger partial charge on any atom is 0.118 e. The molecule has 0 aliphatic heterocycles. The molecule has 3 nitrogen and oxygen atoms in total. The number of rotatable bonds is 8. The zero-order valence-corrected chi connectivity index (χ0v) is 13.4. The molecule has 0 amide bonds. The quantitative estimate of drug-likeness (QED) is 0.784. The smallest absolute Gasteiger partial charge is 0.118 e. The van der Waals surface area contributed by atoms with Gasteiger partial charge in [-0.25, -0.2) is 0 Å². The van der Waals surface area contributed by atoms with Gasteiger partial charge in [-0.3, -0.25) is 0 Å². The van der Waals surface area contributed by atoms with Crippen molar-refractivity contribution in [1.29, 1.82) is 0 Å². The second-order valence-corrected chi connectivity index (χ2v) is 5.41. The number of ether oxygens (including phenoxy) is 1. The lowest BCUT2D eigenvalue weighted by molar-refractivity contribution is 0.282. The molecule has 1 unspecified atom stereocenters. The third kappa shape index (κ3) is 4.58. The monoisotopic (exact) mass is 299 g/mol. The van der Waals surface area contributed by atoms with Crippen molar-refractivity contribution in [3.63, 3.8) is 0 Å². The molecule has 2 rings (SSSR count). The van der Waals surface area contributed by atoms with Crippen molar-refractivity contribution in [2.75, 3.05) is 13.7 Å². The van der Waals surface area contributed by atoms with Gasteiger partial charge in [-0.15, -0.1) is 0 Å². The fraction of sp³-hybridized carbons (Fsp3) is 0.368. The molecule has 3 heteroatoms. The van der Waals surface area contributed by atoms with Crippen molar-refractivity contribution in [3.05, 3.63) is 65.2 Å². The first kappa shape index (κ1) is 16.5. The van der Waals surface area contributed by atoms with Crippen LogP contribution in [0.1, 0.15) is 36.1 Å². The molecular weight excluding hydrogens is 274 g/mol. The van der Waals surface area contributed by atoms with Crippen LogP contribution in [-0.2, 0) is 13.0 Å². The second-order valence-electron chi connectivity index (χ2n) is 5.41. The summed E-state index contributed by atoms with van der Waals surface area (Å²) in [5.74, 6) is 0.891. The van der Waals surface area contributed by atoms with E-state index in [4.69, 9.17) is 9.84 Å². The summed E-state index contributed by atoms with van der Waals surface area (Å²) in [7, 11) is 1.69. The van der Waals surface area contributed by atoms with Crippen LogP contribution in [0.15, 0.2) is 48.5 Å². The van der Waals surface area contributed by atoms with Gasteiger partial charge in [0.2, 0.25) is 0 Å². The van der Waals surface area contributed by atoms with E-state index < -0.39 is 0 Å². The van der Waals surface area contributed by atoms with Crippen molar-refractivity contribution in [1.82, 2.24) is 5.32 Å². The maximum atomic E-state index is 9.05. The van der Waals surface area contributed by atoms with Crippen molar-refractivity contribution in [2.45, 2.75) is 32.4 Å². The predicted molar refractivity (Wildman–Crippen MR) is 90.1 cm³/mol. The van der Waals surface area contributed by atoms with Gasteiger partial charge in [0, 0.05) is 6.04 Å². The van der Waals surface area contributed by atoms with Crippen LogP contribution in [0.4, 0.5) is 0 Å². The highest BCUT2D eigenvalue weighted by atomic mass is 16.5. The van der Waals surface area contributed by atoms with Gasteiger partial charge in [-0.2, -0.15) is 0 Å². The van der Waals surface area contributed by atoms with E-state index in [9.17, 15) is 0 Å². The van der Waals surface area contributed by atoms with E-state index in [0.29, 0.717) is 6.04 Å². The van der Waals surface area contributed by atoms with Gasteiger partial charge < -0.3 is 15.2 Å². The molecule has 0 radical (unpaired) electrons. The molecule has 0 bridgehead atoms. The highest BCUT2D eigenvalue weighted by Gasteiger charge is 2.08. The molecule has 2 aromatic carbocycles. The largest absolute Gasteiger partial charge is 0.497 e. The Morgan fingerprint density at radius 3 is 2.18 bits per heavy atom. The molecule has 2 N–H and O–H groups in total. The lowest BCUT2D eigenvalue weighted by atomic mass is 10.0. The molecule has 0 saturated carbocycles. The van der Waals surface area contributed by atoms with Crippen molar-refractivity contribution < 1.29 is 9.84 Å². The molecule has 22 heavy (non-hydrogen) atoms. The molecule has 0 aliphatic rings. The summed E-state index contributed by atoms with van der Waals surface area (Å²) < 4.78 is 5.20. The van der Waals surface area contributed by atoms with Gasteiger partial charge in [0.05, 0.1) is 13.7 Å². The molecule has 0 aromatic heterocycles. The molecule has 0 aliphatic carbocycles. The number of aliphatic hydroxyl groups excluding tert-OH is 1. The highest BCUT2D eigenvalue weighted by molar-refractivity contribution is 5.29. The summed E-state index contributed by atoms with van der Waals surface area (Å²) in [6.45, 7) is 3.23. The topological polar surface area (TPSA) is 41.5 Å². The van der Waals surface area contributed by atoms with E-state index in [0.717, 1.165) is 30.7 Å². The summed E-state index contributed by atoms with van der Waals surface area (Å²) in [5, 5.41) is 12.7. The van der Waals surface area contributed by atoms with Gasteiger partial charge in [-0.05, 0) is 48.2 Å². The van der Waals surface area contributed by atoms with Gasteiger partial charge in [0.15, 0.2) is 0 Å². The predicted octanol–water partition coefficient (Wildman–Crippen LogP) is 3.47. The van der Waals surface area contributed by atoms with E-state index in [1.807, 2.05) is 24.3 Å². The minimum absolute atomic E-state index is 0.105. The molecule has 0 spiro atoms. The summed E-state index contributed by atoms with van der Waals surface area (Å²) in [4.78, 5) is 0. The Morgan fingerprint density at radius 2 is 1.64 bits per heavy atom. The van der Waals surface area contributed by atoms with Crippen LogP contribution >= 0.6 is 0 Å². The fourth-order valence-electron chi connectivity index (χ4n) is 2.54. The first-order valence-corrected chi connectivity index (χ1v) is 7.82.